The number of likely N-dealkylation sites (tertiary alicyclic amines) is 2. The van der Waals surface area contributed by atoms with E-state index < -0.39 is 5.97 Å². The number of aliphatic carboxylic acids is 1. The Hall–Kier alpha value is -4.50. The van der Waals surface area contributed by atoms with E-state index in [9.17, 15) is 9.59 Å². The van der Waals surface area contributed by atoms with Crippen molar-refractivity contribution in [2.75, 3.05) is 39.4 Å². The lowest BCUT2D eigenvalue weighted by molar-refractivity contribution is -0.139. The molecule has 2 heterocycles. The number of piperidine rings is 2. The molecule has 308 valence electrons. The molecule has 2 atom stereocenters. The molecular weight excluding hydrogens is 711 g/mol. The third-order valence-electron chi connectivity index (χ3n) is 11.3. The fourth-order valence-electron chi connectivity index (χ4n) is 7.32. The Labute approximate surface area is 342 Å². The first kappa shape index (κ1) is 45.2. The Bertz CT molecular complexity index is 1710. The minimum Gasteiger partial charge on any atom is -0.486 e. The molecule has 0 aromatic heterocycles. The topological polar surface area (TPSA) is 105 Å². The molecule has 4 aromatic carbocycles. The van der Waals surface area contributed by atoms with Crippen LogP contribution in [0.5, 0.6) is 11.5 Å². The highest BCUT2D eigenvalue weighted by Gasteiger charge is 2.25. The zero-order chi connectivity index (χ0) is 41.2. The molecule has 0 spiro atoms. The molecule has 2 unspecified atom stereocenters. The van der Waals surface area contributed by atoms with Crippen LogP contribution in [0.3, 0.4) is 0 Å². The average Bonchev–Trinajstić information content (AvgIpc) is 3.23. The van der Waals surface area contributed by atoms with E-state index in [0.717, 1.165) is 57.6 Å². The van der Waals surface area contributed by atoms with Crippen LogP contribution < -0.4 is 15.2 Å². The smallest absolute Gasteiger partial charge is 0.341 e. The summed E-state index contributed by atoms with van der Waals surface area (Å²) in [6, 6.07) is 38.3. The molecule has 8 heteroatoms. The summed E-state index contributed by atoms with van der Waals surface area (Å²) >= 11 is 0. The number of carbonyl (C=O) groups excluding carboxylic acids is 1. The van der Waals surface area contributed by atoms with Gasteiger partial charge in [0.2, 0.25) is 0 Å². The zero-order valence-corrected chi connectivity index (χ0v) is 35.2. The molecule has 57 heavy (non-hydrogen) atoms. The van der Waals surface area contributed by atoms with Gasteiger partial charge in [0.05, 0.1) is 0 Å². The first-order valence-corrected chi connectivity index (χ1v) is 20.9. The molecule has 6 rings (SSSR count). The second-order valence-electron chi connectivity index (χ2n) is 16.2. The molecule has 0 aliphatic carbocycles. The van der Waals surface area contributed by atoms with Crippen LogP contribution in [0, 0.1) is 5.92 Å². The average molecular weight is 778 g/mol. The van der Waals surface area contributed by atoms with Crippen molar-refractivity contribution in [1.82, 2.24) is 9.80 Å². The lowest BCUT2D eigenvalue weighted by atomic mass is 9.90. The minimum absolute atomic E-state index is 0.182. The lowest BCUT2D eigenvalue weighted by Crippen LogP contribution is -2.40. The number of ether oxygens (including phenoxy) is 2. The Balaban J connectivity index is 0.000000209. The van der Waals surface area contributed by atoms with Crippen LogP contribution in [0.15, 0.2) is 109 Å². The predicted molar refractivity (Wildman–Crippen MR) is 232 cm³/mol. The van der Waals surface area contributed by atoms with E-state index in [1.807, 2.05) is 24.3 Å². The Morgan fingerprint density at radius 3 is 1.35 bits per heavy atom. The van der Waals surface area contributed by atoms with Crippen LogP contribution in [-0.2, 0) is 9.59 Å². The fourth-order valence-corrected chi connectivity index (χ4v) is 7.32. The number of carboxylic acids is 1. The third kappa shape index (κ3) is 15.8. The second-order valence-corrected chi connectivity index (χ2v) is 16.2. The maximum absolute atomic E-state index is 12.4. The van der Waals surface area contributed by atoms with Crippen molar-refractivity contribution < 1.29 is 24.2 Å². The maximum Gasteiger partial charge on any atom is 0.341 e. The van der Waals surface area contributed by atoms with Crippen molar-refractivity contribution in [3.8, 4) is 11.5 Å². The van der Waals surface area contributed by atoms with Crippen LogP contribution in [0.1, 0.15) is 120 Å². The molecule has 3 N–H and O–H groups in total. The molecule has 0 amide bonds. The standard InChI is InChI=1S/C25H33NO2.C13H20N2.C11H14O3/c1-19(2)22-9-11-25(12-10-22)28-18-24(27)17-21-13-15-26(16-14-21)20(3)23-7-5-4-6-8-23;1-11(12-5-3-2-4-6-12)15-9-7-13(14)8-10-15;1-8(2)9-3-5-10(6-4-9)14-7-11(12)13/h4-12,19-21H,13-18H2,1-3H3;2-6,11,13H,7-10,14H2,1H3;3-6,8H,7H2,1-2H3,(H,12,13). The van der Waals surface area contributed by atoms with Gasteiger partial charge in [0.1, 0.15) is 18.1 Å². The van der Waals surface area contributed by atoms with Crippen LogP contribution in [0.2, 0.25) is 0 Å². The number of ketones is 1. The van der Waals surface area contributed by atoms with Crippen LogP contribution in [-0.4, -0.2) is 72.1 Å². The highest BCUT2D eigenvalue weighted by molar-refractivity contribution is 5.80. The maximum atomic E-state index is 12.4. The Morgan fingerprint density at radius 2 is 0.965 bits per heavy atom. The van der Waals surface area contributed by atoms with E-state index in [1.54, 1.807) is 12.1 Å². The zero-order valence-electron chi connectivity index (χ0n) is 35.2. The van der Waals surface area contributed by atoms with Crippen molar-refractivity contribution in [2.45, 2.75) is 104 Å². The largest absolute Gasteiger partial charge is 0.486 e. The fraction of sp³-hybridized carbons (Fsp3) is 0.469. The van der Waals surface area contributed by atoms with Crippen molar-refractivity contribution in [3.05, 3.63) is 131 Å². The number of nitrogens with two attached hydrogens (primary N) is 1. The summed E-state index contributed by atoms with van der Waals surface area (Å²) < 4.78 is 10.7. The van der Waals surface area contributed by atoms with Gasteiger partial charge >= 0.3 is 5.97 Å². The van der Waals surface area contributed by atoms with Gasteiger partial charge < -0.3 is 20.3 Å². The van der Waals surface area contributed by atoms with Gasteiger partial charge in [-0.2, -0.15) is 0 Å². The minimum atomic E-state index is -0.960. The number of carboxylic acid groups (broad SMARTS) is 1. The summed E-state index contributed by atoms with van der Waals surface area (Å²) in [5, 5.41) is 8.39. The highest BCUT2D eigenvalue weighted by atomic mass is 16.5. The number of benzene rings is 4. The lowest BCUT2D eigenvalue weighted by Gasteiger charge is -2.36. The van der Waals surface area contributed by atoms with Crippen molar-refractivity contribution in [2.24, 2.45) is 11.7 Å². The molecule has 0 saturated carbocycles. The number of carbonyl (C=O) groups is 2. The summed E-state index contributed by atoms with van der Waals surface area (Å²) in [5.41, 5.74) is 11.2. The molecule has 2 aliphatic rings. The van der Waals surface area contributed by atoms with E-state index in [2.05, 4.69) is 124 Å². The van der Waals surface area contributed by atoms with Gasteiger partial charge in [0, 0.05) is 37.6 Å². The summed E-state index contributed by atoms with van der Waals surface area (Å²) in [5.74, 6) is 2.09. The summed E-state index contributed by atoms with van der Waals surface area (Å²) in [6.45, 7) is 17.4. The van der Waals surface area contributed by atoms with E-state index in [0.29, 0.717) is 48.0 Å². The van der Waals surface area contributed by atoms with E-state index in [4.69, 9.17) is 20.3 Å². The number of nitrogens with zero attached hydrogens (tertiary/aromatic N) is 2. The number of hydrogen-bond acceptors (Lipinski definition) is 7. The van der Waals surface area contributed by atoms with Gasteiger partial charge in [-0.05, 0) is 117 Å². The molecular formula is C49H67N3O5. The summed E-state index contributed by atoms with van der Waals surface area (Å²) in [4.78, 5) is 27.6. The van der Waals surface area contributed by atoms with Gasteiger partial charge in [-0.15, -0.1) is 0 Å². The second kappa shape index (κ2) is 23.7. The monoisotopic (exact) mass is 778 g/mol. The first-order valence-electron chi connectivity index (χ1n) is 20.9. The first-order chi connectivity index (χ1) is 27.4. The summed E-state index contributed by atoms with van der Waals surface area (Å²) in [6.07, 6.45) is 5.09. The highest BCUT2D eigenvalue weighted by Crippen LogP contribution is 2.29. The van der Waals surface area contributed by atoms with Gasteiger partial charge in [-0.25, -0.2) is 4.79 Å². The van der Waals surface area contributed by atoms with Crippen LogP contribution in [0.4, 0.5) is 0 Å². The summed E-state index contributed by atoms with van der Waals surface area (Å²) in [7, 11) is 0. The number of rotatable bonds is 14. The van der Waals surface area contributed by atoms with Gasteiger partial charge in [0.15, 0.2) is 12.4 Å². The molecule has 2 fully saturated rings. The van der Waals surface area contributed by atoms with Crippen molar-refractivity contribution >= 4 is 11.8 Å². The molecule has 0 radical (unpaired) electrons. The molecule has 2 saturated heterocycles. The van der Waals surface area contributed by atoms with Crippen LogP contribution in [0.25, 0.3) is 0 Å². The van der Waals surface area contributed by atoms with Gasteiger partial charge in [0.25, 0.3) is 0 Å². The van der Waals surface area contributed by atoms with E-state index >= 15 is 0 Å². The van der Waals surface area contributed by atoms with Crippen LogP contribution >= 0.6 is 0 Å². The van der Waals surface area contributed by atoms with E-state index in [-0.39, 0.29) is 19.0 Å². The van der Waals surface area contributed by atoms with E-state index in [1.165, 1.54) is 22.3 Å². The molecule has 4 aromatic rings. The van der Waals surface area contributed by atoms with Gasteiger partial charge in [-0.1, -0.05) is 113 Å². The van der Waals surface area contributed by atoms with Crippen molar-refractivity contribution in [3.63, 3.8) is 0 Å². The third-order valence-corrected chi connectivity index (χ3v) is 11.3. The van der Waals surface area contributed by atoms with Gasteiger partial charge in [-0.3, -0.25) is 14.6 Å². The SMILES string of the molecule is CC(C)c1ccc(OCC(=O)CC2CCN(C(C)c3ccccc3)CC2)cc1.CC(C)c1ccc(OCC(=O)O)cc1.CC(c1ccccc1)N1CCC(N)CC1. The Morgan fingerprint density at radius 1 is 0.579 bits per heavy atom. The van der Waals surface area contributed by atoms with Crippen molar-refractivity contribution in [1.29, 1.82) is 0 Å². The Kier molecular flexibility index (Phi) is 18.8. The molecule has 2 aliphatic heterocycles. The molecule has 8 nitrogen and oxygen atoms in total. The molecule has 0 bridgehead atoms. The number of hydrogen-bond donors (Lipinski definition) is 2. The predicted octanol–water partition coefficient (Wildman–Crippen LogP) is 10.1. The quantitative estimate of drug-likeness (QED) is 0.130. The normalized spacial score (nSPS) is 16.4. The number of Topliss-reactive ketones (excluding diaryl/α,β-unsaturated/α-hetero) is 1.